The van der Waals surface area contributed by atoms with Crippen LogP contribution in [-0.4, -0.2) is 11.6 Å². The van der Waals surface area contributed by atoms with Crippen LogP contribution in [-0.2, 0) is 9.59 Å². The van der Waals surface area contributed by atoms with E-state index in [1.54, 1.807) is 12.2 Å². The minimum atomic E-state index is -0.152. The topological polar surface area (TPSA) is 34.1 Å². The van der Waals surface area contributed by atoms with Crippen LogP contribution in [0.5, 0.6) is 0 Å². The first kappa shape index (κ1) is 9.39. The summed E-state index contributed by atoms with van der Waals surface area (Å²) in [6.45, 7) is 5.48. The van der Waals surface area contributed by atoms with Crippen LogP contribution in [0.3, 0.4) is 0 Å². The van der Waals surface area contributed by atoms with Gasteiger partial charge in [0.15, 0.2) is 11.6 Å². The van der Waals surface area contributed by atoms with Crippen molar-refractivity contribution in [2.24, 2.45) is 0 Å². The van der Waals surface area contributed by atoms with E-state index in [1.807, 2.05) is 6.92 Å². The van der Waals surface area contributed by atoms with Crippen LogP contribution in [0.25, 0.3) is 0 Å². The Balaban J connectivity index is 2.86. The molecule has 2 nitrogen and oxygen atoms in total. The molecule has 0 saturated heterocycles. The summed E-state index contributed by atoms with van der Waals surface area (Å²) in [5.74, 6) is -0.293. The van der Waals surface area contributed by atoms with Crippen molar-refractivity contribution in [3.05, 3.63) is 48.1 Å². The minimum absolute atomic E-state index is 0.142. The molecule has 0 aromatic carbocycles. The summed E-state index contributed by atoms with van der Waals surface area (Å²) in [6, 6.07) is 0. The van der Waals surface area contributed by atoms with Gasteiger partial charge in [-0.25, -0.2) is 0 Å². The molecule has 0 heterocycles. The first-order chi connectivity index (χ1) is 6.09. The second-order valence-corrected chi connectivity index (χ2v) is 2.88. The second kappa shape index (κ2) is 3.81. The van der Waals surface area contributed by atoms with Crippen molar-refractivity contribution in [2.75, 3.05) is 0 Å². The SMILES string of the molecule is C=C(C)/C=C/C1=CC(=O)C=CC1=O. The molecular formula is C11H10O2. The highest BCUT2D eigenvalue weighted by molar-refractivity contribution is 6.18. The minimum Gasteiger partial charge on any atom is -0.290 e. The fourth-order valence-electron chi connectivity index (χ4n) is 0.889. The van der Waals surface area contributed by atoms with Crippen molar-refractivity contribution in [2.45, 2.75) is 6.92 Å². The van der Waals surface area contributed by atoms with Crippen LogP contribution >= 0.6 is 0 Å². The van der Waals surface area contributed by atoms with Crippen molar-refractivity contribution in [1.29, 1.82) is 0 Å². The lowest BCUT2D eigenvalue weighted by atomic mass is 10.0. The average molecular weight is 174 g/mol. The standard InChI is InChI=1S/C11H10O2/c1-8(2)3-4-9-7-10(12)5-6-11(9)13/h3-7H,1H2,2H3/b4-3+. The number of carbonyl (C=O) groups is 2. The number of hydrogen-bond donors (Lipinski definition) is 0. The molecule has 0 radical (unpaired) electrons. The van der Waals surface area contributed by atoms with Crippen LogP contribution in [0.2, 0.25) is 0 Å². The van der Waals surface area contributed by atoms with Gasteiger partial charge in [0.2, 0.25) is 0 Å². The van der Waals surface area contributed by atoms with E-state index in [4.69, 9.17) is 0 Å². The zero-order valence-corrected chi connectivity index (χ0v) is 7.41. The Labute approximate surface area is 76.9 Å². The molecule has 0 aromatic heterocycles. The van der Waals surface area contributed by atoms with Crippen LogP contribution in [0.4, 0.5) is 0 Å². The largest absolute Gasteiger partial charge is 0.290 e. The molecule has 1 aliphatic carbocycles. The van der Waals surface area contributed by atoms with E-state index in [-0.39, 0.29) is 11.6 Å². The Morgan fingerprint density at radius 2 is 2.08 bits per heavy atom. The summed E-state index contributed by atoms with van der Waals surface area (Å²) < 4.78 is 0. The van der Waals surface area contributed by atoms with Crippen molar-refractivity contribution < 1.29 is 9.59 Å². The highest BCUT2D eigenvalue weighted by atomic mass is 16.1. The number of rotatable bonds is 2. The Hall–Kier alpha value is -1.70. The van der Waals surface area contributed by atoms with E-state index in [9.17, 15) is 9.59 Å². The predicted molar refractivity (Wildman–Crippen MR) is 51.2 cm³/mol. The maximum Gasteiger partial charge on any atom is 0.186 e. The fraction of sp³-hybridized carbons (Fsp3) is 0.0909. The fourth-order valence-corrected chi connectivity index (χ4v) is 0.889. The summed E-state index contributed by atoms with van der Waals surface area (Å²) in [6.07, 6.45) is 7.17. The van der Waals surface area contributed by atoms with Crippen molar-refractivity contribution in [3.8, 4) is 0 Å². The molecule has 0 atom stereocenters. The number of ketones is 2. The molecule has 0 bridgehead atoms. The summed E-state index contributed by atoms with van der Waals surface area (Å²) in [5, 5.41) is 0. The van der Waals surface area contributed by atoms with E-state index >= 15 is 0 Å². The van der Waals surface area contributed by atoms with Gasteiger partial charge in [-0.05, 0) is 25.2 Å². The molecule has 66 valence electrons. The van der Waals surface area contributed by atoms with Gasteiger partial charge in [0.25, 0.3) is 0 Å². The van der Waals surface area contributed by atoms with Gasteiger partial charge in [-0.2, -0.15) is 0 Å². The van der Waals surface area contributed by atoms with Gasteiger partial charge in [-0.3, -0.25) is 9.59 Å². The number of carbonyl (C=O) groups excluding carboxylic acids is 2. The van der Waals surface area contributed by atoms with Crippen molar-refractivity contribution >= 4 is 11.6 Å². The summed E-state index contributed by atoms with van der Waals surface area (Å²) in [7, 11) is 0. The summed E-state index contributed by atoms with van der Waals surface area (Å²) >= 11 is 0. The van der Waals surface area contributed by atoms with Gasteiger partial charge in [-0.1, -0.05) is 24.3 Å². The third-order valence-corrected chi connectivity index (χ3v) is 1.53. The molecule has 0 aromatic rings. The van der Waals surface area contributed by atoms with Crippen LogP contribution < -0.4 is 0 Å². The van der Waals surface area contributed by atoms with Crippen molar-refractivity contribution in [3.63, 3.8) is 0 Å². The van der Waals surface area contributed by atoms with Gasteiger partial charge >= 0.3 is 0 Å². The Bertz CT molecular complexity index is 354. The van der Waals surface area contributed by atoms with Gasteiger partial charge in [0.1, 0.15) is 0 Å². The van der Waals surface area contributed by atoms with E-state index in [1.165, 1.54) is 18.2 Å². The smallest absolute Gasteiger partial charge is 0.186 e. The quantitative estimate of drug-likeness (QED) is 0.472. The van der Waals surface area contributed by atoms with Gasteiger partial charge < -0.3 is 0 Å². The third-order valence-electron chi connectivity index (χ3n) is 1.53. The molecule has 0 saturated carbocycles. The highest BCUT2D eigenvalue weighted by Crippen LogP contribution is 2.07. The molecule has 13 heavy (non-hydrogen) atoms. The lowest BCUT2D eigenvalue weighted by Crippen LogP contribution is -2.05. The average Bonchev–Trinajstić information content (AvgIpc) is 2.06. The monoisotopic (exact) mass is 174 g/mol. The molecule has 0 unspecified atom stereocenters. The Kier molecular flexibility index (Phi) is 2.75. The molecule has 0 aliphatic heterocycles. The summed E-state index contributed by atoms with van der Waals surface area (Å²) in [5.41, 5.74) is 1.26. The van der Waals surface area contributed by atoms with Gasteiger partial charge in [0.05, 0.1) is 0 Å². The Morgan fingerprint density at radius 3 is 2.69 bits per heavy atom. The first-order valence-corrected chi connectivity index (χ1v) is 3.91. The molecular weight excluding hydrogens is 164 g/mol. The highest BCUT2D eigenvalue weighted by Gasteiger charge is 2.09. The van der Waals surface area contributed by atoms with Crippen LogP contribution in [0.15, 0.2) is 48.1 Å². The molecule has 0 spiro atoms. The molecule has 0 fully saturated rings. The normalized spacial score (nSPS) is 16.5. The lowest BCUT2D eigenvalue weighted by molar-refractivity contribution is -0.114. The predicted octanol–water partition coefficient (Wildman–Crippen LogP) is 1.75. The number of allylic oxidation sites excluding steroid dienone is 7. The van der Waals surface area contributed by atoms with E-state index < -0.39 is 0 Å². The zero-order valence-electron chi connectivity index (χ0n) is 7.41. The van der Waals surface area contributed by atoms with E-state index in [2.05, 4.69) is 6.58 Å². The second-order valence-electron chi connectivity index (χ2n) is 2.88. The molecule has 0 N–H and O–H groups in total. The number of hydrogen-bond acceptors (Lipinski definition) is 2. The third kappa shape index (κ3) is 2.67. The summed E-state index contributed by atoms with van der Waals surface area (Å²) in [4.78, 5) is 22.1. The molecule has 1 rings (SSSR count). The van der Waals surface area contributed by atoms with Crippen LogP contribution in [0, 0.1) is 0 Å². The van der Waals surface area contributed by atoms with Crippen LogP contribution in [0.1, 0.15) is 6.92 Å². The van der Waals surface area contributed by atoms with Crippen molar-refractivity contribution in [1.82, 2.24) is 0 Å². The van der Waals surface area contributed by atoms with Gasteiger partial charge in [0, 0.05) is 5.57 Å². The zero-order chi connectivity index (χ0) is 9.84. The lowest BCUT2D eigenvalue weighted by Gasteiger charge is -2.00. The maximum absolute atomic E-state index is 11.2. The molecule has 1 aliphatic rings. The Morgan fingerprint density at radius 1 is 1.38 bits per heavy atom. The van der Waals surface area contributed by atoms with E-state index in [0.29, 0.717) is 5.57 Å². The molecule has 0 amide bonds. The molecule has 2 heteroatoms. The maximum atomic E-state index is 11.2. The van der Waals surface area contributed by atoms with Gasteiger partial charge in [-0.15, -0.1) is 0 Å². The van der Waals surface area contributed by atoms with E-state index in [0.717, 1.165) is 5.57 Å². The first-order valence-electron chi connectivity index (χ1n) is 3.91.